The number of fused-ring (bicyclic) bond motifs is 1. The third kappa shape index (κ3) is 19.8. The molecule has 12 N–H and O–H groups in total. The second-order valence-corrected chi connectivity index (χ2v) is 18.0. The fourth-order valence-electron chi connectivity index (χ4n) is 6.24. The quantitative estimate of drug-likeness (QED) is 0.210. The van der Waals surface area contributed by atoms with E-state index in [9.17, 15) is 24.0 Å². The second-order valence-electron chi connectivity index (χ2n) is 18.0. The first kappa shape index (κ1) is 55.7. The van der Waals surface area contributed by atoms with E-state index in [1.807, 2.05) is 39.0 Å². The van der Waals surface area contributed by atoms with Crippen LogP contribution in [0, 0.1) is 22.7 Å². The van der Waals surface area contributed by atoms with Gasteiger partial charge < -0.3 is 57.6 Å². The summed E-state index contributed by atoms with van der Waals surface area (Å²) in [5, 5.41) is 11.2. The molecule has 4 aliphatic rings. The summed E-state index contributed by atoms with van der Waals surface area (Å²) < 4.78 is 16.3. The van der Waals surface area contributed by atoms with Crippen LogP contribution < -0.4 is 33.2 Å². The maximum Gasteiger partial charge on any atom is 0.408 e. The molecule has 6 rings (SSSR count). The first-order valence-electron chi connectivity index (χ1n) is 20.5. The average molecular weight is 852 g/mol. The Labute approximate surface area is 356 Å². The minimum atomic E-state index is -0.794. The number of aromatic amines is 1. The van der Waals surface area contributed by atoms with Crippen LogP contribution in [0.2, 0.25) is 0 Å². The fraction of sp³-hybridized carbons (Fsp3) is 0.698. The minimum absolute atomic E-state index is 0. The highest BCUT2D eigenvalue weighted by Crippen LogP contribution is 2.43. The summed E-state index contributed by atoms with van der Waals surface area (Å²) in [7, 11) is 1.00. The molecule has 1 aromatic heterocycles. The molecule has 60 heavy (non-hydrogen) atoms. The van der Waals surface area contributed by atoms with Crippen molar-refractivity contribution in [1.82, 2.24) is 26.3 Å². The molecule has 17 nitrogen and oxygen atoms in total. The van der Waals surface area contributed by atoms with Crippen molar-refractivity contribution in [3.05, 3.63) is 40.8 Å². The van der Waals surface area contributed by atoms with Gasteiger partial charge in [0.2, 0.25) is 17.7 Å². The van der Waals surface area contributed by atoms with Crippen molar-refractivity contribution >= 4 is 34.6 Å². The van der Waals surface area contributed by atoms with E-state index in [1.165, 1.54) is 17.7 Å². The number of H-pyrrole nitrogens is 1. The first-order valence-corrected chi connectivity index (χ1v) is 20.5. The highest BCUT2D eigenvalue weighted by molar-refractivity contribution is 5.91. The molecule has 0 unspecified atom stereocenters. The Hall–Kier alpha value is -4.29. The number of ether oxygens (including phenoxy) is 3. The van der Waals surface area contributed by atoms with Crippen molar-refractivity contribution in [3.63, 3.8) is 0 Å². The third-order valence-electron chi connectivity index (χ3n) is 10.2. The summed E-state index contributed by atoms with van der Waals surface area (Å²) in [4.78, 5) is 64.8. The Bertz CT molecular complexity index is 1680. The van der Waals surface area contributed by atoms with E-state index < -0.39 is 35.1 Å². The van der Waals surface area contributed by atoms with E-state index in [2.05, 4.69) is 36.0 Å². The number of carbonyl (C=O) groups excluding carboxylic acids is 4. The molecule has 4 atom stereocenters. The number of nitrogens with zero attached hydrogens (tertiary/aromatic N) is 2. The number of rotatable bonds is 9. The largest absolute Gasteiger partial charge is 0.492 e. The van der Waals surface area contributed by atoms with Gasteiger partial charge in [-0.05, 0) is 99.3 Å². The van der Waals surface area contributed by atoms with Crippen LogP contribution in [0.1, 0.15) is 101 Å². The SMILES string of the molecule is CC(C)(C)OC(=O)N[C@H](C(=O)N1CCC[C@H]1C(N)=O)C(C)(C)C.CC1(C)CC1.CC[C@@H]1C[C@@H]1C(N)=O.CO.N.O.O=c1[nH]ccc2cc(OCCN3CCOCC3)ccc12. The summed E-state index contributed by atoms with van der Waals surface area (Å²) >= 11 is 0. The van der Waals surface area contributed by atoms with Crippen LogP contribution in [-0.2, 0) is 23.9 Å². The van der Waals surface area contributed by atoms with Gasteiger partial charge >= 0.3 is 6.09 Å². The molecule has 2 saturated heterocycles. The second kappa shape index (κ2) is 25.5. The first-order chi connectivity index (χ1) is 27.1. The zero-order chi connectivity index (χ0) is 43.8. The molecule has 4 fully saturated rings. The van der Waals surface area contributed by atoms with E-state index in [4.69, 9.17) is 30.8 Å². The molecule has 0 bridgehead atoms. The monoisotopic (exact) mass is 852 g/mol. The van der Waals surface area contributed by atoms with Crippen LogP contribution in [0.15, 0.2) is 35.3 Å². The molecule has 2 saturated carbocycles. The molecule has 17 heteroatoms. The normalized spacial score (nSPS) is 20.4. The number of primary amides is 2. The smallest absolute Gasteiger partial charge is 0.408 e. The Morgan fingerprint density at radius 3 is 2.07 bits per heavy atom. The van der Waals surface area contributed by atoms with Crippen molar-refractivity contribution in [3.8, 4) is 5.75 Å². The fourth-order valence-corrected chi connectivity index (χ4v) is 6.24. The number of hydrogen-bond acceptors (Lipinski definition) is 11. The van der Waals surface area contributed by atoms with E-state index in [-0.39, 0.29) is 34.9 Å². The van der Waals surface area contributed by atoms with Gasteiger partial charge in [-0.15, -0.1) is 0 Å². The van der Waals surface area contributed by atoms with Gasteiger partial charge in [0.05, 0.1) is 13.2 Å². The van der Waals surface area contributed by atoms with Gasteiger partial charge in [0.1, 0.15) is 30.0 Å². The lowest BCUT2D eigenvalue weighted by atomic mass is 9.85. The van der Waals surface area contributed by atoms with Gasteiger partial charge in [0, 0.05) is 50.8 Å². The summed E-state index contributed by atoms with van der Waals surface area (Å²) in [5.74, 6) is 0.714. The molecule has 3 heterocycles. The number of aromatic nitrogens is 1. The van der Waals surface area contributed by atoms with Crippen LogP contribution in [0.3, 0.4) is 0 Å². The number of morpholine rings is 1. The van der Waals surface area contributed by atoms with E-state index >= 15 is 0 Å². The zero-order valence-corrected chi connectivity index (χ0v) is 37.9. The van der Waals surface area contributed by atoms with Gasteiger partial charge in [-0.2, -0.15) is 0 Å². The Balaban J connectivity index is 0.000000846. The summed E-state index contributed by atoms with van der Waals surface area (Å²) in [6.07, 6.45) is 7.33. The summed E-state index contributed by atoms with van der Waals surface area (Å²) in [6, 6.07) is 6.04. The lowest BCUT2D eigenvalue weighted by molar-refractivity contribution is -0.141. The molecular formula is C43H77N7O10. The Morgan fingerprint density at radius 2 is 1.60 bits per heavy atom. The number of nitrogens with one attached hydrogen (secondary N) is 2. The number of carbonyl (C=O) groups is 4. The standard InChI is InChI=1S/C16H29N3O4.C15H18N2O3.C6H11NO.C5H10.CH4O.H3N.H2O/c1-15(2,3)11(18-14(22)23-16(4,5)6)13(21)19-9-7-8-10(19)12(17)20;18-15-14-2-1-13(11-12(14)3-4-16-15)20-10-7-17-5-8-19-9-6-17;1-2-4-3-5(4)6(7)8;1-5(2)3-4-5;1-2;;/h10-11H,7-9H2,1-6H3,(H2,17,20)(H,18,22);1-4,11H,5-10H2,(H,16,18);4-5H,2-3H2,1H3,(H2,7,8);3-4H2,1-2H3;2H,1H3;1H3;1H2/t10-,11+;;4-,5+;;;;/m0.1..../s1. The Kier molecular flexibility index (Phi) is 23.7. The molecule has 0 radical (unpaired) electrons. The number of aliphatic hydroxyl groups is 1. The zero-order valence-electron chi connectivity index (χ0n) is 37.9. The third-order valence-corrected chi connectivity index (χ3v) is 10.2. The van der Waals surface area contributed by atoms with Gasteiger partial charge in [-0.3, -0.25) is 24.1 Å². The molecule has 2 aliphatic carbocycles. The van der Waals surface area contributed by atoms with Crippen LogP contribution in [0.5, 0.6) is 5.75 Å². The molecular weight excluding hydrogens is 775 g/mol. The number of benzene rings is 1. The van der Waals surface area contributed by atoms with E-state index in [1.54, 1.807) is 33.0 Å². The number of pyridine rings is 1. The topological polar surface area (TPSA) is 286 Å². The van der Waals surface area contributed by atoms with Gasteiger partial charge in [0.15, 0.2) is 0 Å². The summed E-state index contributed by atoms with van der Waals surface area (Å²) in [5.41, 5.74) is 9.90. The van der Waals surface area contributed by atoms with Crippen LogP contribution in [0.4, 0.5) is 4.79 Å². The van der Waals surface area contributed by atoms with Gasteiger partial charge in [-0.1, -0.05) is 48.0 Å². The van der Waals surface area contributed by atoms with Crippen LogP contribution in [0.25, 0.3) is 10.8 Å². The molecule has 344 valence electrons. The lowest BCUT2D eigenvalue weighted by Crippen LogP contribution is -2.57. The predicted molar refractivity (Wildman–Crippen MR) is 235 cm³/mol. The molecule has 2 aromatic rings. The summed E-state index contributed by atoms with van der Waals surface area (Å²) in [6.45, 7) is 23.1. The van der Waals surface area contributed by atoms with Crippen molar-refractivity contribution < 1.29 is 44.0 Å². The highest BCUT2D eigenvalue weighted by Gasteiger charge is 2.42. The minimum Gasteiger partial charge on any atom is -0.492 e. The number of aliphatic hydroxyl groups excluding tert-OH is 1. The van der Waals surface area contributed by atoms with Crippen molar-refractivity contribution in [1.29, 1.82) is 0 Å². The molecule has 2 aliphatic heterocycles. The van der Waals surface area contributed by atoms with Crippen LogP contribution in [-0.4, -0.2) is 120 Å². The van der Waals surface area contributed by atoms with Crippen molar-refractivity contribution in [2.45, 2.75) is 119 Å². The van der Waals surface area contributed by atoms with E-state index in [0.717, 1.165) is 75.8 Å². The maximum atomic E-state index is 12.9. The lowest BCUT2D eigenvalue weighted by Gasteiger charge is -2.35. The van der Waals surface area contributed by atoms with Crippen LogP contribution >= 0.6 is 0 Å². The highest BCUT2D eigenvalue weighted by atomic mass is 16.6. The average Bonchev–Trinajstić information content (AvgIpc) is 4.04. The van der Waals surface area contributed by atoms with Gasteiger partial charge in [-0.25, -0.2) is 4.79 Å². The number of amides is 4. The van der Waals surface area contributed by atoms with Crippen molar-refractivity contribution in [2.75, 3.05) is 53.1 Å². The van der Waals surface area contributed by atoms with E-state index in [0.29, 0.717) is 30.9 Å². The molecule has 1 aromatic carbocycles. The number of nitrogens with two attached hydrogens (primary N) is 2. The predicted octanol–water partition coefficient (Wildman–Crippen LogP) is 3.91. The van der Waals surface area contributed by atoms with Gasteiger partial charge in [0.25, 0.3) is 5.56 Å². The molecule has 4 amide bonds. The molecule has 0 spiro atoms. The number of hydrogen-bond donors (Lipinski definition) is 6. The van der Waals surface area contributed by atoms with Crippen molar-refractivity contribution in [2.24, 2.45) is 34.1 Å². The Morgan fingerprint density at radius 1 is 1.00 bits per heavy atom. The number of alkyl carbamates (subject to hydrolysis) is 1. The number of likely N-dealkylation sites (tertiary alicyclic amines) is 1. The maximum absolute atomic E-state index is 12.9.